The first-order chi connectivity index (χ1) is 16.6. The van der Waals surface area contributed by atoms with E-state index in [4.69, 9.17) is 16.6 Å². The third kappa shape index (κ3) is 4.49. The number of hydrogen-bond acceptors (Lipinski definition) is 3. The van der Waals surface area contributed by atoms with E-state index in [9.17, 15) is 19.1 Å². The van der Waals surface area contributed by atoms with Crippen molar-refractivity contribution in [2.45, 2.75) is 26.2 Å². The molecule has 178 valence electrons. The van der Waals surface area contributed by atoms with Crippen LogP contribution >= 0.6 is 11.6 Å². The molecule has 0 aliphatic carbocycles. The van der Waals surface area contributed by atoms with E-state index in [1.54, 1.807) is 0 Å². The number of pyridine rings is 1. The van der Waals surface area contributed by atoms with Crippen LogP contribution in [0, 0.1) is 19.7 Å². The van der Waals surface area contributed by atoms with Crippen LogP contribution in [0.1, 0.15) is 34.0 Å². The molecule has 1 unspecified atom stereocenters. The van der Waals surface area contributed by atoms with Gasteiger partial charge < -0.3 is 10.4 Å². The van der Waals surface area contributed by atoms with Crippen LogP contribution in [0.2, 0.25) is 5.02 Å². The van der Waals surface area contributed by atoms with Crippen molar-refractivity contribution in [2.24, 2.45) is 0 Å². The highest BCUT2D eigenvalue weighted by molar-refractivity contribution is 6.31. The second-order valence-electron chi connectivity index (χ2n) is 8.76. The van der Waals surface area contributed by atoms with E-state index >= 15 is 0 Å². The molecule has 0 saturated heterocycles. The number of rotatable bonds is 6. The molecule has 35 heavy (non-hydrogen) atoms. The van der Waals surface area contributed by atoms with Crippen molar-refractivity contribution < 1.29 is 19.1 Å². The van der Waals surface area contributed by atoms with Crippen LogP contribution in [0.25, 0.3) is 22.2 Å². The Morgan fingerprint density at radius 2 is 1.77 bits per heavy atom. The van der Waals surface area contributed by atoms with E-state index in [1.807, 2.05) is 62.4 Å². The van der Waals surface area contributed by atoms with Gasteiger partial charge in [-0.25, -0.2) is 9.37 Å². The molecule has 0 aliphatic heterocycles. The smallest absolute Gasteiger partial charge is 0.315 e. The van der Waals surface area contributed by atoms with Crippen LogP contribution < -0.4 is 5.32 Å². The molecule has 0 bridgehead atoms. The molecule has 1 atom stereocenters. The fourth-order valence-electron chi connectivity index (χ4n) is 4.28. The lowest BCUT2D eigenvalue weighted by molar-refractivity contribution is -0.143. The van der Waals surface area contributed by atoms with E-state index in [1.165, 1.54) is 19.1 Å². The van der Waals surface area contributed by atoms with Crippen LogP contribution in [0.3, 0.4) is 0 Å². The van der Waals surface area contributed by atoms with Gasteiger partial charge in [0.2, 0.25) is 0 Å². The fraction of sp³-hybridized carbons (Fsp3) is 0.179. The van der Waals surface area contributed by atoms with Crippen molar-refractivity contribution >= 4 is 34.4 Å². The number of halogens is 2. The van der Waals surface area contributed by atoms with Crippen LogP contribution in [0.15, 0.2) is 66.7 Å². The third-order valence-electron chi connectivity index (χ3n) is 6.25. The zero-order valence-electron chi connectivity index (χ0n) is 19.5. The summed E-state index contributed by atoms with van der Waals surface area (Å²) in [7, 11) is 0. The maximum absolute atomic E-state index is 14.6. The molecule has 1 amide bonds. The minimum Gasteiger partial charge on any atom is -0.481 e. The van der Waals surface area contributed by atoms with Gasteiger partial charge in [-0.15, -0.1) is 0 Å². The molecule has 1 aromatic heterocycles. The molecule has 4 rings (SSSR count). The third-order valence-corrected chi connectivity index (χ3v) is 6.56. The Bertz CT molecular complexity index is 1440. The van der Waals surface area contributed by atoms with Crippen LogP contribution in [0.4, 0.5) is 4.39 Å². The molecule has 1 heterocycles. The lowest BCUT2D eigenvalue weighted by Crippen LogP contribution is -2.45. The zero-order valence-corrected chi connectivity index (χ0v) is 20.3. The monoisotopic (exact) mass is 490 g/mol. The van der Waals surface area contributed by atoms with Gasteiger partial charge in [0.1, 0.15) is 11.2 Å². The molecule has 0 fully saturated rings. The summed E-state index contributed by atoms with van der Waals surface area (Å²) in [6.07, 6.45) is 0. The average molecular weight is 491 g/mol. The molecule has 0 aliphatic rings. The normalized spacial score (nSPS) is 12.8. The number of carboxylic acids is 1. The van der Waals surface area contributed by atoms with E-state index < -0.39 is 23.1 Å². The Kier molecular flexibility index (Phi) is 6.59. The molecule has 5 nitrogen and oxygen atoms in total. The standard InChI is InChI=1S/C28H24ClFN2O3/c1-16-12-13-22-19(14-16)23(17(2)25(32-22)18-8-5-4-6-9-18)26(33)31-15-28(3,27(34)35)24-20(29)10-7-11-21(24)30/h4-14H,15H2,1-3H3,(H,31,33)(H,34,35). The molecule has 7 heteroatoms. The summed E-state index contributed by atoms with van der Waals surface area (Å²) in [5.41, 5.74) is 2.20. The van der Waals surface area contributed by atoms with E-state index in [0.717, 1.165) is 17.2 Å². The lowest BCUT2D eigenvalue weighted by Gasteiger charge is -2.27. The van der Waals surface area contributed by atoms with Gasteiger partial charge in [-0.1, -0.05) is 59.6 Å². The van der Waals surface area contributed by atoms with Crippen LogP contribution in [-0.2, 0) is 10.2 Å². The maximum Gasteiger partial charge on any atom is 0.315 e. The van der Waals surface area contributed by atoms with Crippen molar-refractivity contribution in [2.75, 3.05) is 6.54 Å². The predicted octanol–water partition coefficient (Wildman–Crippen LogP) is 6.08. The minimum atomic E-state index is -1.78. The first-order valence-corrected chi connectivity index (χ1v) is 11.4. The summed E-state index contributed by atoms with van der Waals surface area (Å²) < 4.78 is 14.6. The quantitative estimate of drug-likeness (QED) is 0.343. The van der Waals surface area contributed by atoms with Crippen molar-refractivity contribution in [3.8, 4) is 11.3 Å². The summed E-state index contributed by atoms with van der Waals surface area (Å²) in [6.45, 7) is 4.72. The Labute approximate surface area is 207 Å². The molecule has 4 aromatic rings. The number of aliphatic carboxylic acids is 1. The first-order valence-electron chi connectivity index (χ1n) is 11.1. The minimum absolute atomic E-state index is 0.0170. The zero-order chi connectivity index (χ0) is 25.3. The Balaban J connectivity index is 1.80. The highest BCUT2D eigenvalue weighted by Crippen LogP contribution is 2.34. The number of aromatic nitrogens is 1. The van der Waals surface area contributed by atoms with Gasteiger partial charge in [0, 0.05) is 28.1 Å². The van der Waals surface area contributed by atoms with E-state index in [2.05, 4.69) is 5.32 Å². The largest absolute Gasteiger partial charge is 0.481 e. The fourth-order valence-corrected chi connectivity index (χ4v) is 4.65. The van der Waals surface area contributed by atoms with Gasteiger partial charge in [0.25, 0.3) is 5.91 Å². The number of carboxylic acid groups (broad SMARTS) is 1. The van der Waals surface area contributed by atoms with Gasteiger partial charge in [-0.2, -0.15) is 0 Å². The number of nitrogens with one attached hydrogen (secondary N) is 1. The number of amides is 1. The second-order valence-corrected chi connectivity index (χ2v) is 9.17. The topological polar surface area (TPSA) is 79.3 Å². The van der Waals surface area contributed by atoms with Gasteiger partial charge in [0.05, 0.1) is 16.8 Å². The van der Waals surface area contributed by atoms with Crippen molar-refractivity contribution in [1.29, 1.82) is 0 Å². The summed E-state index contributed by atoms with van der Waals surface area (Å²) in [6, 6.07) is 19.2. The summed E-state index contributed by atoms with van der Waals surface area (Å²) in [5, 5.41) is 13.4. The van der Waals surface area contributed by atoms with Crippen LogP contribution in [0.5, 0.6) is 0 Å². The van der Waals surface area contributed by atoms with Gasteiger partial charge in [0.15, 0.2) is 0 Å². The second kappa shape index (κ2) is 9.47. The average Bonchev–Trinajstić information content (AvgIpc) is 2.82. The molecule has 0 spiro atoms. The number of carbonyl (C=O) groups is 2. The molecule has 0 radical (unpaired) electrons. The Morgan fingerprint density at radius 1 is 1.06 bits per heavy atom. The van der Waals surface area contributed by atoms with Gasteiger partial charge in [-0.05, 0) is 50.6 Å². The Morgan fingerprint density at radius 3 is 2.43 bits per heavy atom. The summed E-state index contributed by atoms with van der Waals surface area (Å²) >= 11 is 6.18. The van der Waals surface area contributed by atoms with Gasteiger partial charge >= 0.3 is 5.97 Å². The van der Waals surface area contributed by atoms with Crippen molar-refractivity contribution in [1.82, 2.24) is 10.3 Å². The predicted molar refractivity (Wildman–Crippen MR) is 135 cm³/mol. The molecular weight excluding hydrogens is 467 g/mol. The summed E-state index contributed by atoms with van der Waals surface area (Å²) in [4.78, 5) is 30.6. The van der Waals surface area contributed by atoms with Crippen molar-refractivity contribution in [3.63, 3.8) is 0 Å². The molecular formula is C28H24ClFN2O3. The first kappa shape index (κ1) is 24.4. The van der Waals surface area contributed by atoms with Crippen LogP contribution in [-0.4, -0.2) is 28.5 Å². The highest BCUT2D eigenvalue weighted by atomic mass is 35.5. The number of nitrogens with zero attached hydrogens (tertiary/aromatic N) is 1. The molecule has 2 N–H and O–H groups in total. The molecule has 3 aromatic carbocycles. The lowest BCUT2D eigenvalue weighted by atomic mass is 9.81. The number of hydrogen-bond donors (Lipinski definition) is 2. The molecule has 0 saturated carbocycles. The number of carbonyl (C=O) groups excluding carboxylic acids is 1. The number of aryl methyl sites for hydroxylation is 1. The van der Waals surface area contributed by atoms with E-state index in [-0.39, 0.29) is 17.1 Å². The number of fused-ring (bicyclic) bond motifs is 1. The van der Waals surface area contributed by atoms with E-state index in [0.29, 0.717) is 27.7 Å². The van der Waals surface area contributed by atoms with Gasteiger partial charge in [-0.3, -0.25) is 9.59 Å². The van der Waals surface area contributed by atoms with Crippen molar-refractivity contribution in [3.05, 3.63) is 99.8 Å². The summed E-state index contributed by atoms with van der Waals surface area (Å²) in [5.74, 6) is -2.52. The Hall–Kier alpha value is -3.77. The number of benzene rings is 3. The SMILES string of the molecule is Cc1ccc2nc(-c3ccccc3)c(C)c(C(=O)NCC(C)(C(=O)O)c3c(F)cccc3Cl)c2c1. The maximum atomic E-state index is 14.6. The highest BCUT2D eigenvalue weighted by Gasteiger charge is 2.40.